The van der Waals surface area contributed by atoms with Gasteiger partial charge in [-0.3, -0.25) is 0 Å². The van der Waals surface area contributed by atoms with Gasteiger partial charge in [0, 0.05) is 5.02 Å². The first-order chi connectivity index (χ1) is 9.54. The van der Waals surface area contributed by atoms with Crippen LogP contribution in [0.15, 0.2) is 42.5 Å². The average molecular weight is 315 g/mol. The molecule has 2 aromatic carbocycles. The minimum Gasteiger partial charge on any atom is -0.488 e. The second-order valence-corrected chi connectivity index (χ2v) is 5.11. The van der Waals surface area contributed by atoms with Crippen LogP contribution in [-0.4, -0.2) is 12.7 Å². The highest BCUT2D eigenvalue weighted by molar-refractivity contribution is 6.35. The third-order valence-corrected chi connectivity index (χ3v) is 3.05. The lowest BCUT2D eigenvalue weighted by Gasteiger charge is -2.16. The van der Waals surface area contributed by atoms with Gasteiger partial charge in [-0.2, -0.15) is 0 Å². The molecule has 0 bridgehead atoms. The van der Waals surface area contributed by atoms with Gasteiger partial charge < -0.3 is 9.47 Å². The summed E-state index contributed by atoms with van der Waals surface area (Å²) in [4.78, 5) is 0. The molecule has 0 saturated heterocycles. The zero-order chi connectivity index (χ0) is 14.5. The molecule has 2 aromatic rings. The largest absolute Gasteiger partial charge is 0.488 e. The monoisotopic (exact) mass is 314 g/mol. The van der Waals surface area contributed by atoms with Crippen LogP contribution in [0.5, 0.6) is 11.5 Å². The van der Waals surface area contributed by atoms with E-state index < -0.39 is 0 Å². The SMILES string of the molecule is CC(COc1ccc(Cl)cc1Cl)Oc1ccc(F)cc1. The number of halogens is 3. The summed E-state index contributed by atoms with van der Waals surface area (Å²) in [6.45, 7) is 2.17. The molecule has 1 unspecified atom stereocenters. The topological polar surface area (TPSA) is 18.5 Å². The standard InChI is InChI=1S/C15H13Cl2FO2/c1-10(20-13-5-3-12(18)4-6-13)9-19-15-7-2-11(16)8-14(15)17/h2-8,10H,9H2,1H3. The van der Waals surface area contributed by atoms with E-state index in [0.29, 0.717) is 28.2 Å². The summed E-state index contributed by atoms with van der Waals surface area (Å²) in [5, 5.41) is 1.00. The fourth-order valence-electron chi connectivity index (χ4n) is 1.58. The molecule has 0 N–H and O–H groups in total. The third-order valence-electron chi connectivity index (χ3n) is 2.52. The van der Waals surface area contributed by atoms with Crippen molar-refractivity contribution in [2.45, 2.75) is 13.0 Å². The van der Waals surface area contributed by atoms with Crippen molar-refractivity contribution in [2.24, 2.45) is 0 Å². The van der Waals surface area contributed by atoms with Crippen LogP contribution < -0.4 is 9.47 Å². The molecule has 1 atom stereocenters. The Morgan fingerprint density at radius 2 is 1.80 bits per heavy atom. The Labute approximate surface area is 127 Å². The Bertz CT molecular complexity index is 573. The quantitative estimate of drug-likeness (QED) is 0.775. The summed E-state index contributed by atoms with van der Waals surface area (Å²) < 4.78 is 23.9. The maximum absolute atomic E-state index is 12.8. The first-order valence-corrected chi connectivity index (χ1v) is 6.80. The molecule has 0 amide bonds. The van der Waals surface area contributed by atoms with Crippen molar-refractivity contribution in [3.05, 3.63) is 58.3 Å². The van der Waals surface area contributed by atoms with Gasteiger partial charge in [0.1, 0.15) is 30.0 Å². The van der Waals surface area contributed by atoms with Crippen LogP contribution in [-0.2, 0) is 0 Å². The van der Waals surface area contributed by atoms with Crippen LogP contribution in [0, 0.1) is 5.82 Å². The van der Waals surface area contributed by atoms with Crippen LogP contribution >= 0.6 is 23.2 Å². The lowest BCUT2D eigenvalue weighted by molar-refractivity contribution is 0.143. The molecule has 0 fully saturated rings. The summed E-state index contributed by atoms with van der Waals surface area (Å²) in [6, 6.07) is 10.9. The van der Waals surface area contributed by atoms with E-state index in [2.05, 4.69) is 0 Å². The van der Waals surface area contributed by atoms with E-state index in [4.69, 9.17) is 32.7 Å². The molecule has 0 saturated carbocycles. The van der Waals surface area contributed by atoms with Gasteiger partial charge >= 0.3 is 0 Å². The van der Waals surface area contributed by atoms with Gasteiger partial charge in [-0.1, -0.05) is 23.2 Å². The molecule has 0 spiro atoms. The lowest BCUT2D eigenvalue weighted by Crippen LogP contribution is -2.21. The van der Waals surface area contributed by atoms with Crippen molar-refractivity contribution in [1.82, 2.24) is 0 Å². The van der Waals surface area contributed by atoms with Gasteiger partial charge in [0.25, 0.3) is 0 Å². The van der Waals surface area contributed by atoms with Gasteiger partial charge in [-0.05, 0) is 49.4 Å². The summed E-state index contributed by atoms with van der Waals surface area (Å²) >= 11 is 11.8. The van der Waals surface area contributed by atoms with E-state index in [9.17, 15) is 4.39 Å². The molecule has 0 aliphatic carbocycles. The zero-order valence-corrected chi connectivity index (χ0v) is 12.3. The first kappa shape index (κ1) is 14.9. The van der Waals surface area contributed by atoms with E-state index >= 15 is 0 Å². The van der Waals surface area contributed by atoms with E-state index in [0.717, 1.165) is 0 Å². The molecule has 0 aromatic heterocycles. The fourth-order valence-corrected chi connectivity index (χ4v) is 2.04. The van der Waals surface area contributed by atoms with Crippen molar-refractivity contribution in [2.75, 3.05) is 6.61 Å². The predicted molar refractivity (Wildman–Crippen MR) is 78.4 cm³/mol. The van der Waals surface area contributed by atoms with Crippen molar-refractivity contribution >= 4 is 23.2 Å². The maximum atomic E-state index is 12.8. The van der Waals surface area contributed by atoms with Crippen LogP contribution in [0.1, 0.15) is 6.92 Å². The van der Waals surface area contributed by atoms with Crippen LogP contribution in [0.4, 0.5) is 4.39 Å². The minimum absolute atomic E-state index is 0.202. The second-order valence-electron chi connectivity index (χ2n) is 4.27. The second kappa shape index (κ2) is 6.82. The number of hydrogen-bond acceptors (Lipinski definition) is 2. The molecule has 2 rings (SSSR count). The molecule has 0 radical (unpaired) electrons. The molecule has 2 nitrogen and oxygen atoms in total. The van der Waals surface area contributed by atoms with Crippen molar-refractivity contribution in [3.8, 4) is 11.5 Å². The lowest BCUT2D eigenvalue weighted by atomic mass is 10.3. The van der Waals surface area contributed by atoms with Gasteiger partial charge in [0.05, 0.1) is 5.02 Å². The highest BCUT2D eigenvalue weighted by Crippen LogP contribution is 2.27. The summed E-state index contributed by atoms with van der Waals surface area (Å²) in [5.74, 6) is 0.838. The molecule has 0 aliphatic rings. The third kappa shape index (κ3) is 4.29. The van der Waals surface area contributed by atoms with Crippen LogP contribution in [0.2, 0.25) is 10.0 Å². The Hall–Kier alpha value is -1.45. The van der Waals surface area contributed by atoms with E-state index in [1.54, 1.807) is 30.3 Å². The maximum Gasteiger partial charge on any atom is 0.138 e. The van der Waals surface area contributed by atoms with Gasteiger partial charge in [-0.15, -0.1) is 0 Å². The molecule has 20 heavy (non-hydrogen) atoms. The Morgan fingerprint density at radius 1 is 1.10 bits per heavy atom. The number of benzene rings is 2. The fraction of sp³-hybridized carbons (Fsp3) is 0.200. The summed E-state index contributed by atoms with van der Waals surface area (Å²) in [6.07, 6.45) is -0.202. The molecular weight excluding hydrogens is 302 g/mol. The summed E-state index contributed by atoms with van der Waals surface area (Å²) in [5.41, 5.74) is 0. The Balaban J connectivity index is 1.88. The van der Waals surface area contributed by atoms with Gasteiger partial charge in [0.15, 0.2) is 0 Å². The summed E-state index contributed by atoms with van der Waals surface area (Å²) in [7, 11) is 0. The molecular formula is C15H13Cl2FO2. The molecule has 0 heterocycles. The Morgan fingerprint density at radius 3 is 2.45 bits per heavy atom. The number of hydrogen-bond donors (Lipinski definition) is 0. The molecule has 106 valence electrons. The number of rotatable bonds is 5. The Kier molecular flexibility index (Phi) is 5.10. The smallest absolute Gasteiger partial charge is 0.138 e. The molecule has 5 heteroatoms. The van der Waals surface area contributed by atoms with Crippen LogP contribution in [0.3, 0.4) is 0 Å². The van der Waals surface area contributed by atoms with E-state index in [-0.39, 0.29) is 11.9 Å². The average Bonchev–Trinajstić information content (AvgIpc) is 2.40. The highest BCUT2D eigenvalue weighted by Gasteiger charge is 2.08. The zero-order valence-electron chi connectivity index (χ0n) is 10.8. The van der Waals surface area contributed by atoms with Crippen molar-refractivity contribution in [1.29, 1.82) is 0 Å². The predicted octanol–water partition coefficient (Wildman–Crippen LogP) is 4.98. The van der Waals surface area contributed by atoms with Crippen molar-refractivity contribution in [3.63, 3.8) is 0 Å². The molecule has 0 aliphatic heterocycles. The van der Waals surface area contributed by atoms with E-state index in [1.165, 1.54) is 12.1 Å². The minimum atomic E-state index is -0.297. The van der Waals surface area contributed by atoms with Crippen LogP contribution in [0.25, 0.3) is 0 Å². The number of ether oxygens (including phenoxy) is 2. The normalized spacial score (nSPS) is 12.0. The highest BCUT2D eigenvalue weighted by atomic mass is 35.5. The van der Waals surface area contributed by atoms with Gasteiger partial charge in [-0.25, -0.2) is 4.39 Å². The first-order valence-electron chi connectivity index (χ1n) is 6.04. The van der Waals surface area contributed by atoms with E-state index in [1.807, 2.05) is 6.92 Å². The van der Waals surface area contributed by atoms with Gasteiger partial charge in [0.2, 0.25) is 0 Å². The van der Waals surface area contributed by atoms with Crippen molar-refractivity contribution < 1.29 is 13.9 Å².